The van der Waals surface area contributed by atoms with Crippen molar-refractivity contribution in [3.8, 4) is 11.5 Å². The molecule has 1 heterocycles. The van der Waals surface area contributed by atoms with Gasteiger partial charge in [0.25, 0.3) is 5.91 Å². The van der Waals surface area contributed by atoms with Crippen molar-refractivity contribution in [1.82, 2.24) is 10.6 Å². The number of hydrogen-bond donors (Lipinski definition) is 3. The van der Waals surface area contributed by atoms with Crippen LogP contribution in [0.2, 0.25) is 0 Å². The fraction of sp³-hybridized carbons (Fsp3) is 0.280. The number of esters is 2. The van der Waals surface area contributed by atoms with Gasteiger partial charge in [-0.2, -0.15) is 0 Å². The normalized spacial score (nSPS) is 14.7. The minimum Gasteiger partial charge on any atom is -0.493 e. The topological polar surface area (TPSA) is 124 Å². The van der Waals surface area contributed by atoms with Crippen molar-refractivity contribution in [3.63, 3.8) is 0 Å². The van der Waals surface area contributed by atoms with Crippen LogP contribution in [0, 0.1) is 0 Å². The number of rotatable bonds is 9. The van der Waals surface area contributed by atoms with E-state index in [0.717, 1.165) is 0 Å². The van der Waals surface area contributed by atoms with E-state index < -0.39 is 23.9 Å². The minimum absolute atomic E-state index is 0.278. The molecule has 1 aliphatic rings. The number of hydrogen-bond acceptors (Lipinski definition) is 8. The third-order valence-corrected chi connectivity index (χ3v) is 6.21. The van der Waals surface area contributed by atoms with Gasteiger partial charge in [-0.05, 0) is 68.0 Å². The summed E-state index contributed by atoms with van der Waals surface area (Å²) in [5.41, 5.74) is 2.46. The molecule has 0 fully saturated rings. The number of thiocarbonyl (C=S) groups is 1. The number of allylic oxidation sites excluding steroid dienone is 1. The number of anilines is 1. The number of benzene rings is 2. The Balaban J connectivity index is 1.74. The van der Waals surface area contributed by atoms with E-state index in [4.69, 9.17) is 31.2 Å². The van der Waals surface area contributed by atoms with Crippen LogP contribution in [0.3, 0.4) is 0 Å². The molecule has 37 heavy (non-hydrogen) atoms. The molecule has 12 heteroatoms. The summed E-state index contributed by atoms with van der Waals surface area (Å²) in [6, 6.07) is 9.04. The van der Waals surface area contributed by atoms with Crippen molar-refractivity contribution >= 4 is 56.8 Å². The molecule has 0 radical (unpaired) electrons. The van der Waals surface area contributed by atoms with Crippen LogP contribution in [-0.4, -0.2) is 50.4 Å². The maximum atomic E-state index is 12.5. The summed E-state index contributed by atoms with van der Waals surface area (Å²) in [6.07, 6.45) is 0. The lowest BCUT2D eigenvalue weighted by Gasteiger charge is -2.30. The molecule has 0 aromatic heterocycles. The third-order valence-electron chi connectivity index (χ3n) is 5.31. The Morgan fingerprint density at radius 3 is 2.41 bits per heavy atom. The molecule has 1 amide bonds. The van der Waals surface area contributed by atoms with Crippen LogP contribution >= 0.6 is 28.1 Å². The molecule has 0 saturated heterocycles. The standard InChI is InChI=1S/C25H26BrN3O7S/c1-5-35-23(31)14-6-8-15(9-7-14)28-20(30)12-36-19-11-17(26)16(10-18(19)33-3)22-21(24(32)34-4)13(2)27-25(37)29-22/h6-11,22H,5,12H2,1-4H3,(H,28,30)(H2,27,29,37). The van der Waals surface area contributed by atoms with E-state index in [0.29, 0.717) is 49.2 Å². The Morgan fingerprint density at radius 1 is 1.08 bits per heavy atom. The van der Waals surface area contributed by atoms with Gasteiger partial charge in [0.1, 0.15) is 0 Å². The van der Waals surface area contributed by atoms with Crippen LogP contribution in [0.4, 0.5) is 5.69 Å². The van der Waals surface area contributed by atoms with Crippen LogP contribution in [0.25, 0.3) is 0 Å². The SMILES string of the molecule is CCOC(=O)c1ccc(NC(=O)COc2cc(Br)c(C3NC(=S)NC(C)=C3C(=O)OC)cc2OC)cc1. The summed E-state index contributed by atoms with van der Waals surface area (Å²) < 4.78 is 21.7. The van der Waals surface area contributed by atoms with Gasteiger partial charge in [-0.1, -0.05) is 15.9 Å². The highest BCUT2D eigenvalue weighted by Gasteiger charge is 2.32. The molecular weight excluding hydrogens is 566 g/mol. The molecule has 1 aliphatic heterocycles. The summed E-state index contributed by atoms with van der Waals surface area (Å²) >= 11 is 8.80. The zero-order valence-electron chi connectivity index (χ0n) is 20.6. The van der Waals surface area contributed by atoms with Gasteiger partial charge in [-0.25, -0.2) is 9.59 Å². The molecule has 2 aromatic carbocycles. The van der Waals surface area contributed by atoms with Crippen molar-refractivity contribution in [2.75, 3.05) is 32.8 Å². The summed E-state index contributed by atoms with van der Waals surface area (Å²) in [5.74, 6) is -0.706. The Kier molecular flexibility index (Phi) is 9.48. The van der Waals surface area contributed by atoms with Gasteiger partial charge in [0.2, 0.25) is 0 Å². The number of carbonyl (C=O) groups is 3. The summed E-state index contributed by atoms with van der Waals surface area (Å²) in [5, 5.41) is 9.07. The lowest BCUT2D eigenvalue weighted by Crippen LogP contribution is -2.45. The second-order valence-corrected chi connectivity index (χ2v) is 8.98. The van der Waals surface area contributed by atoms with Crippen molar-refractivity contribution in [1.29, 1.82) is 0 Å². The molecule has 0 bridgehead atoms. The number of amides is 1. The van der Waals surface area contributed by atoms with E-state index in [-0.39, 0.29) is 13.2 Å². The Labute approximate surface area is 227 Å². The zero-order valence-corrected chi connectivity index (χ0v) is 23.0. The first kappa shape index (κ1) is 27.9. The first-order chi connectivity index (χ1) is 17.7. The molecule has 0 saturated carbocycles. The quantitative estimate of drug-likeness (QED) is 0.294. The maximum absolute atomic E-state index is 12.5. The molecule has 1 atom stereocenters. The van der Waals surface area contributed by atoms with E-state index in [1.165, 1.54) is 14.2 Å². The molecule has 196 valence electrons. The van der Waals surface area contributed by atoms with Gasteiger partial charge in [-0.3, -0.25) is 4.79 Å². The van der Waals surface area contributed by atoms with Gasteiger partial charge in [0.15, 0.2) is 23.2 Å². The van der Waals surface area contributed by atoms with Crippen molar-refractivity contribution in [2.24, 2.45) is 0 Å². The molecule has 3 N–H and O–H groups in total. The second kappa shape index (κ2) is 12.5. The minimum atomic E-state index is -0.612. The van der Waals surface area contributed by atoms with Crippen molar-refractivity contribution < 1.29 is 33.3 Å². The third kappa shape index (κ3) is 6.77. The molecule has 0 spiro atoms. The van der Waals surface area contributed by atoms with E-state index >= 15 is 0 Å². The van der Waals surface area contributed by atoms with Gasteiger partial charge in [-0.15, -0.1) is 0 Å². The average Bonchev–Trinajstić information content (AvgIpc) is 2.87. The van der Waals surface area contributed by atoms with Crippen LogP contribution in [0.15, 0.2) is 52.1 Å². The Morgan fingerprint density at radius 2 is 1.78 bits per heavy atom. The molecule has 1 unspecified atom stereocenters. The monoisotopic (exact) mass is 591 g/mol. The Hall–Kier alpha value is -3.64. The maximum Gasteiger partial charge on any atom is 0.338 e. The number of carbonyl (C=O) groups excluding carboxylic acids is 3. The van der Waals surface area contributed by atoms with Crippen LogP contribution < -0.4 is 25.4 Å². The molecule has 2 aromatic rings. The van der Waals surface area contributed by atoms with Crippen LogP contribution in [0.1, 0.15) is 35.8 Å². The van der Waals surface area contributed by atoms with E-state index in [9.17, 15) is 14.4 Å². The van der Waals surface area contributed by atoms with Crippen molar-refractivity contribution in [3.05, 3.63) is 63.3 Å². The molecular formula is C25H26BrN3O7S. The highest BCUT2D eigenvalue weighted by atomic mass is 79.9. The lowest BCUT2D eigenvalue weighted by atomic mass is 9.95. The summed E-state index contributed by atoms with van der Waals surface area (Å²) in [7, 11) is 2.77. The van der Waals surface area contributed by atoms with Crippen LogP contribution in [0.5, 0.6) is 11.5 Å². The van der Waals surface area contributed by atoms with E-state index in [1.54, 1.807) is 50.2 Å². The predicted octanol–water partition coefficient (Wildman–Crippen LogP) is 3.62. The number of methoxy groups -OCH3 is 2. The Bertz CT molecular complexity index is 1250. The van der Waals surface area contributed by atoms with Crippen molar-refractivity contribution in [2.45, 2.75) is 19.9 Å². The van der Waals surface area contributed by atoms with Gasteiger partial charge in [0.05, 0.1) is 38.0 Å². The van der Waals surface area contributed by atoms with E-state index in [1.807, 2.05) is 0 Å². The smallest absolute Gasteiger partial charge is 0.338 e. The second-order valence-electron chi connectivity index (χ2n) is 7.72. The fourth-order valence-corrected chi connectivity index (χ4v) is 4.42. The first-order valence-electron chi connectivity index (χ1n) is 11.1. The number of halogens is 1. The van der Waals surface area contributed by atoms with E-state index in [2.05, 4.69) is 31.9 Å². The first-order valence-corrected chi connectivity index (χ1v) is 12.3. The van der Waals surface area contributed by atoms with Gasteiger partial charge < -0.3 is 34.9 Å². The number of nitrogens with one attached hydrogen (secondary N) is 3. The lowest BCUT2D eigenvalue weighted by molar-refractivity contribution is -0.136. The zero-order chi connectivity index (χ0) is 27.1. The van der Waals surface area contributed by atoms with Crippen LogP contribution in [-0.2, 0) is 19.1 Å². The van der Waals surface area contributed by atoms with Gasteiger partial charge >= 0.3 is 11.9 Å². The number of ether oxygens (including phenoxy) is 4. The highest BCUT2D eigenvalue weighted by Crippen LogP contribution is 2.39. The molecule has 3 rings (SSSR count). The summed E-state index contributed by atoms with van der Waals surface area (Å²) in [6.45, 7) is 3.44. The summed E-state index contributed by atoms with van der Waals surface area (Å²) in [4.78, 5) is 36.7. The molecule has 10 nitrogen and oxygen atoms in total. The average molecular weight is 592 g/mol. The largest absolute Gasteiger partial charge is 0.493 e. The predicted molar refractivity (Wildman–Crippen MR) is 144 cm³/mol. The fourth-order valence-electron chi connectivity index (χ4n) is 3.60. The highest BCUT2D eigenvalue weighted by molar-refractivity contribution is 9.10. The van der Waals surface area contributed by atoms with Gasteiger partial charge in [0, 0.05) is 15.9 Å². The molecule has 0 aliphatic carbocycles.